The Kier molecular flexibility index (Phi) is 3.43. The van der Waals surface area contributed by atoms with Crippen LogP contribution in [-0.2, 0) is 4.74 Å². The smallest absolute Gasteiger partial charge is 0.345 e. The molecule has 0 fully saturated rings. The summed E-state index contributed by atoms with van der Waals surface area (Å²) in [6, 6.07) is 8.40. The van der Waals surface area contributed by atoms with Gasteiger partial charge in [0.05, 0.1) is 7.11 Å². The van der Waals surface area contributed by atoms with E-state index in [9.17, 15) is 9.90 Å². The molecule has 0 saturated heterocycles. The largest absolute Gasteiger partial charge is 0.508 e. The van der Waals surface area contributed by atoms with Crippen molar-refractivity contribution in [3.05, 3.63) is 41.5 Å². The molecule has 1 N–H and O–H groups in total. The third kappa shape index (κ3) is 2.70. The van der Waals surface area contributed by atoms with Gasteiger partial charge in [-0.2, -0.15) is 0 Å². The number of aryl methyl sites for hydroxylation is 1. The summed E-state index contributed by atoms with van der Waals surface area (Å²) in [6.07, 6.45) is 0. The molecule has 2 aromatic rings. The van der Waals surface area contributed by atoms with Crippen LogP contribution >= 0.6 is 0 Å². The molecule has 5 heteroatoms. The van der Waals surface area contributed by atoms with Crippen LogP contribution < -0.4 is 9.47 Å². The first-order valence-corrected chi connectivity index (χ1v) is 7.25. The van der Waals surface area contributed by atoms with Crippen LogP contribution in [0.25, 0.3) is 11.1 Å². The van der Waals surface area contributed by atoms with Gasteiger partial charge in [0.15, 0.2) is 0 Å². The molecule has 0 unspecified atom stereocenters. The van der Waals surface area contributed by atoms with Crippen LogP contribution in [-0.4, -0.2) is 24.0 Å². The SMILES string of the molecule is COc1cc2c(c(-c3cc(O)ccc3C)c1)C(=O)OC(C)(C)O2. The molecule has 0 spiro atoms. The highest BCUT2D eigenvalue weighted by Crippen LogP contribution is 2.42. The number of fused-ring (bicyclic) bond motifs is 1. The highest BCUT2D eigenvalue weighted by Gasteiger charge is 2.36. The van der Waals surface area contributed by atoms with Crippen molar-refractivity contribution in [3.8, 4) is 28.4 Å². The zero-order valence-electron chi connectivity index (χ0n) is 13.5. The van der Waals surface area contributed by atoms with Gasteiger partial charge < -0.3 is 19.3 Å². The Labute approximate surface area is 134 Å². The van der Waals surface area contributed by atoms with Gasteiger partial charge in [-0.3, -0.25) is 0 Å². The summed E-state index contributed by atoms with van der Waals surface area (Å²) in [5.41, 5.74) is 2.57. The van der Waals surface area contributed by atoms with E-state index >= 15 is 0 Å². The predicted octanol–water partition coefficient (Wildman–Crippen LogP) is 3.66. The second-order valence-corrected chi connectivity index (χ2v) is 5.94. The average molecular weight is 314 g/mol. The van der Waals surface area contributed by atoms with Crippen LogP contribution in [0.1, 0.15) is 29.8 Å². The highest BCUT2D eigenvalue weighted by molar-refractivity contribution is 6.02. The van der Waals surface area contributed by atoms with Crippen LogP contribution in [0.3, 0.4) is 0 Å². The molecule has 0 aromatic heterocycles. The topological polar surface area (TPSA) is 65.0 Å². The zero-order chi connectivity index (χ0) is 16.8. The molecular formula is C18H18O5. The summed E-state index contributed by atoms with van der Waals surface area (Å²) in [5.74, 6) is -0.415. The number of methoxy groups -OCH3 is 1. The molecule has 1 heterocycles. The minimum atomic E-state index is -1.04. The van der Waals surface area contributed by atoms with Crippen molar-refractivity contribution in [2.75, 3.05) is 7.11 Å². The van der Waals surface area contributed by atoms with Gasteiger partial charge in [0, 0.05) is 25.5 Å². The molecule has 0 atom stereocenters. The van der Waals surface area contributed by atoms with Crippen LogP contribution in [0.15, 0.2) is 30.3 Å². The van der Waals surface area contributed by atoms with Crippen molar-refractivity contribution in [1.29, 1.82) is 0 Å². The van der Waals surface area contributed by atoms with E-state index in [0.717, 1.165) is 11.1 Å². The Morgan fingerprint density at radius 1 is 1.09 bits per heavy atom. The van der Waals surface area contributed by atoms with E-state index in [2.05, 4.69) is 0 Å². The van der Waals surface area contributed by atoms with Gasteiger partial charge in [-0.1, -0.05) is 6.07 Å². The van der Waals surface area contributed by atoms with E-state index in [1.165, 1.54) is 0 Å². The van der Waals surface area contributed by atoms with Crippen LogP contribution in [0, 0.1) is 6.92 Å². The molecule has 23 heavy (non-hydrogen) atoms. The van der Waals surface area contributed by atoms with E-state index in [1.807, 2.05) is 6.92 Å². The minimum Gasteiger partial charge on any atom is -0.508 e. The van der Waals surface area contributed by atoms with Crippen LogP contribution in [0.5, 0.6) is 17.2 Å². The Morgan fingerprint density at radius 2 is 1.83 bits per heavy atom. The highest BCUT2D eigenvalue weighted by atomic mass is 16.7. The van der Waals surface area contributed by atoms with E-state index in [-0.39, 0.29) is 5.75 Å². The molecule has 1 aliphatic heterocycles. The molecule has 1 aliphatic rings. The van der Waals surface area contributed by atoms with E-state index in [0.29, 0.717) is 22.6 Å². The molecule has 0 aliphatic carbocycles. The molecule has 0 amide bonds. The van der Waals surface area contributed by atoms with E-state index in [4.69, 9.17) is 14.2 Å². The maximum absolute atomic E-state index is 12.5. The molecule has 120 valence electrons. The second kappa shape index (κ2) is 5.19. The number of aromatic hydroxyl groups is 1. The third-order valence-electron chi connectivity index (χ3n) is 3.72. The molecule has 5 nitrogen and oxygen atoms in total. The fraction of sp³-hybridized carbons (Fsp3) is 0.278. The number of phenolic OH excluding ortho intramolecular Hbond substituents is 1. The van der Waals surface area contributed by atoms with Crippen molar-refractivity contribution < 1.29 is 24.1 Å². The first-order valence-electron chi connectivity index (χ1n) is 7.25. The Hall–Kier alpha value is -2.69. The molecule has 0 saturated carbocycles. The lowest BCUT2D eigenvalue weighted by molar-refractivity contribution is -0.127. The Bertz CT molecular complexity index is 792. The van der Waals surface area contributed by atoms with Crippen molar-refractivity contribution >= 4 is 5.97 Å². The van der Waals surface area contributed by atoms with Gasteiger partial charge >= 0.3 is 5.97 Å². The monoisotopic (exact) mass is 314 g/mol. The summed E-state index contributed by atoms with van der Waals surface area (Å²) in [6.45, 7) is 5.25. The van der Waals surface area contributed by atoms with Crippen LogP contribution in [0.2, 0.25) is 0 Å². The van der Waals surface area contributed by atoms with Gasteiger partial charge in [0.25, 0.3) is 0 Å². The number of benzene rings is 2. The lowest BCUT2D eigenvalue weighted by Crippen LogP contribution is -2.39. The maximum atomic E-state index is 12.5. The summed E-state index contributed by atoms with van der Waals surface area (Å²) in [4.78, 5) is 12.5. The number of cyclic esters (lactones) is 1. The lowest BCUT2D eigenvalue weighted by atomic mass is 9.94. The van der Waals surface area contributed by atoms with Crippen molar-refractivity contribution in [1.82, 2.24) is 0 Å². The standard InChI is InChI=1S/C18H18O5/c1-10-5-6-11(19)7-13(10)14-8-12(21-4)9-15-16(14)17(20)23-18(2,3)22-15/h5-9,19H,1-4H3. The third-order valence-corrected chi connectivity index (χ3v) is 3.72. The van der Waals surface area contributed by atoms with Crippen molar-refractivity contribution in [2.45, 2.75) is 26.6 Å². The number of esters is 1. The van der Waals surface area contributed by atoms with Crippen molar-refractivity contribution in [2.24, 2.45) is 0 Å². The average Bonchev–Trinajstić information content (AvgIpc) is 2.47. The van der Waals surface area contributed by atoms with Gasteiger partial charge in [-0.05, 0) is 36.2 Å². The summed E-state index contributed by atoms with van der Waals surface area (Å²) >= 11 is 0. The maximum Gasteiger partial charge on any atom is 0.345 e. The number of carbonyl (C=O) groups excluding carboxylic acids is 1. The van der Waals surface area contributed by atoms with Gasteiger partial charge in [0.1, 0.15) is 22.8 Å². The number of rotatable bonds is 2. The van der Waals surface area contributed by atoms with E-state index < -0.39 is 11.8 Å². The fourth-order valence-corrected chi connectivity index (χ4v) is 2.67. The second-order valence-electron chi connectivity index (χ2n) is 5.94. The molecule has 0 radical (unpaired) electrons. The van der Waals surface area contributed by atoms with Crippen LogP contribution in [0.4, 0.5) is 0 Å². The molecular weight excluding hydrogens is 296 g/mol. The zero-order valence-corrected chi connectivity index (χ0v) is 13.5. The molecule has 2 aromatic carbocycles. The molecule has 3 rings (SSSR count). The minimum absolute atomic E-state index is 0.118. The number of phenols is 1. The van der Waals surface area contributed by atoms with Gasteiger partial charge in [-0.15, -0.1) is 0 Å². The first-order chi connectivity index (χ1) is 10.8. The lowest BCUT2D eigenvalue weighted by Gasteiger charge is -2.33. The Balaban J connectivity index is 2.29. The Morgan fingerprint density at radius 3 is 2.52 bits per heavy atom. The quantitative estimate of drug-likeness (QED) is 0.857. The first kappa shape index (κ1) is 15.2. The number of hydrogen-bond donors (Lipinski definition) is 1. The molecule has 0 bridgehead atoms. The number of hydrogen-bond acceptors (Lipinski definition) is 5. The number of ether oxygens (including phenoxy) is 3. The summed E-state index contributed by atoms with van der Waals surface area (Å²) < 4.78 is 16.4. The normalized spacial score (nSPS) is 15.4. The summed E-state index contributed by atoms with van der Waals surface area (Å²) in [5, 5.41) is 9.80. The van der Waals surface area contributed by atoms with E-state index in [1.54, 1.807) is 51.3 Å². The van der Waals surface area contributed by atoms with Gasteiger partial charge in [0.2, 0.25) is 5.79 Å². The predicted molar refractivity (Wildman–Crippen MR) is 85.0 cm³/mol. The van der Waals surface area contributed by atoms with Crippen molar-refractivity contribution in [3.63, 3.8) is 0 Å². The summed E-state index contributed by atoms with van der Waals surface area (Å²) in [7, 11) is 1.55. The fourth-order valence-electron chi connectivity index (χ4n) is 2.67. The van der Waals surface area contributed by atoms with Gasteiger partial charge in [-0.25, -0.2) is 4.79 Å². The number of carbonyl (C=O) groups is 1.